The first-order valence-electron chi connectivity index (χ1n) is 10.9. The number of carbonyl (C=O) groups excluding carboxylic acids is 1. The van der Waals surface area contributed by atoms with E-state index in [9.17, 15) is 19.5 Å². The molecule has 3 atom stereocenters. The first-order valence-corrected chi connectivity index (χ1v) is 12.6. The predicted molar refractivity (Wildman–Crippen MR) is 128 cm³/mol. The molecule has 2 aliphatic rings. The number of carboxylic acid groups (broad SMARTS) is 1. The molecule has 8 heteroatoms. The summed E-state index contributed by atoms with van der Waals surface area (Å²) < 4.78 is 5.28. The molecule has 0 saturated heterocycles. The molecule has 33 heavy (non-hydrogen) atoms. The first-order chi connectivity index (χ1) is 16.0. The van der Waals surface area contributed by atoms with Crippen molar-refractivity contribution >= 4 is 34.9 Å². The maximum Gasteiger partial charge on any atom is 0.317 e. The van der Waals surface area contributed by atoms with Gasteiger partial charge in [0.25, 0.3) is 0 Å². The summed E-state index contributed by atoms with van der Waals surface area (Å²) in [7, 11) is 1.58. The number of H-pyrrole nitrogens is 1. The number of aromatic amines is 1. The summed E-state index contributed by atoms with van der Waals surface area (Å²) in [5.74, 6) is -1.93. The standard InChI is InChI=1S/C25H23NO5S2/c1-31-15-11-9-14(10-12-15)18-19(22(24(28)29)32-23-21(18)33-25(30)26-23)20(27)17-8-4-6-13-5-2-3-7-16(13)17/h4,6,8-12,18-19,22H,2-3,5,7H2,1H3,(H,26,30)(H,28,29)/t18-,19+,22+/m1/s1. The number of ether oxygens (including phenoxy) is 1. The topological polar surface area (TPSA) is 96.5 Å². The van der Waals surface area contributed by atoms with E-state index < -0.39 is 23.1 Å². The SMILES string of the molecule is COc1ccc([C@H]2c3sc(=O)[nH]c3S[C@H](C(=O)O)[C@@H]2C(=O)c2cccc3c2CCCC3)cc1. The number of benzene rings is 2. The van der Waals surface area contributed by atoms with E-state index >= 15 is 0 Å². The van der Waals surface area contributed by atoms with E-state index in [4.69, 9.17) is 4.74 Å². The van der Waals surface area contributed by atoms with Crippen LogP contribution in [0.1, 0.15) is 50.7 Å². The van der Waals surface area contributed by atoms with Gasteiger partial charge in [0.05, 0.1) is 18.1 Å². The molecule has 0 radical (unpaired) electrons. The van der Waals surface area contributed by atoms with Crippen LogP contribution in [0.25, 0.3) is 0 Å². The number of Topliss-reactive ketones (excluding diaryl/α,β-unsaturated/α-hetero) is 1. The monoisotopic (exact) mass is 481 g/mol. The number of rotatable bonds is 5. The van der Waals surface area contributed by atoms with E-state index in [2.05, 4.69) is 11.1 Å². The van der Waals surface area contributed by atoms with Crippen LogP contribution < -0.4 is 9.61 Å². The Kier molecular flexibility index (Phi) is 5.88. The minimum absolute atomic E-state index is 0.166. The van der Waals surface area contributed by atoms with Crippen LogP contribution in [-0.4, -0.2) is 34.2 Å². The van der Waals surface area contributed by atoms with E-state index in [0.29, 0.717) is 16.3 Å². The zero-order chi connectivity index (χ0) is 23.1. The number of fused-ring (bicyclic) bond motifs is 2. The van der Waals surface area contributed by atoms with Gasteiger partial charge in [0, 0.05) is 16.4 Å². The molecular formula is C25H23NO5S2. The van der Waals surface area contributed by atoms with Gasteiger partial charge >= 0.3 is 10.8 Å². The van der Waals surface area contributed by atoms with Gasteiger partial charge in [0.15, 0.2) is 5.78 Å². The number of carbonyl (C=O) groups is 2. The van der Waals surface area contributed by atoms with Crippen molar-refractivity contribution in [2.24, 2.45) is 5.92 Å². The summed E-state index contributed by atoms with van der Waals surface area (Å²) >= 11 is 2.12. The highest BCUT2D eigenvalue weighted by atomic mass is 32.2. The number of aliphatic carboxylic acids is 1. The fraction of sp³-hybridized carbons (Fsp3) is 0.320. The second-order valence-electron chi connectivity index (χ2n) is 8.38. The first kappa shape index (κ1) is 22.0. The van der Waals surface area contributed by atoms with Gasteiger partial charge in [-0.05, 0) is 54.5 Å². The molecule has 3 aromatic rings. The van der Waals surface area contributed by atoms with Gasteiger partial charge in [0.1, 0.15) is 11.0 Å². The maximum absolute atomic E-state index is 14.1. The van der Waals surface area contributed by atoms with Crippen LogP contribution in [0.4, 0.5) is 0 Å². The second kappa shape index (κ2) is 8.83. The number of ketones is 1. The highest BCUT2D eigenvalue weighted by Crippen LogP contribution is 2.50. The molecule has 170 valence electrons. The van der Waals surface area contributed by atoms with Crippen molar-refractivity contribution in [1.29, 1.82) is 0 Å². The fourth-order valence-corrected chi connectivity index (χ4v) is 7.43. The molecule has 2 N–H and O–H groups in total. The van der Waals surface area contributed by atoms with Gasteiger partial charge in [-0.25, -0.2) is 0 Å². The van der Waals surface area contributed by atoms with Crippen molar-refractivity contribution in [3.05, 3.63) is 79.3 Å². The van der Waals surface area contributed by atoms with E-state index in [1.807, 2.05) is 24.3 Å². The van der Waals surface area contributed by atoms with E-state index in [-0.39, 0.29) is 10.7 Å². The summed E-state index contributed by atoms with van der Waals surface area (Å²) in [5, 5.41) is 9.67. The molecule has 1 aliphatic heterocycles. The molecule has 0 fully saturated rings. The van der Waals surface area contributed by atoms with E-state index in [1.54, 1.807) is 19.2 Å². The van der Waals surface area contributed by atoms with Crippen molar-refractivity contribution in [2.75, 3.05) is 7.11 Å². The van der Waals surface area contributed by atoms with Gasteiger partial charge in [0.2, 0.25) is 0 Å². The molecule has 0 unspecified atom stereocenters. The molecule has 0 bridgehead atoms. The second-order valence-corrected chi connectivity index (χ2v) is 10.5. The van der Waals surface area contributed by atoms with Gasteiger partial charge in [-0.2, -0.15) is 0 Å². The predicted octanol–water partition coefficient (Wildman–Crippen LogP) is 4.51. The molecular weight excluding hydrogens is 458 g/mol. The average Bonchev–Trinajstić information content (AvgIpc) is 3.22. The summed E-state index contributed by atoms with van der Waals surface area (Å²) in [6.07, 6.45) is 3.87. The highest BCUT2D eigenvalue weighted by molar-refractivity contribution is 8.00. The normalized spacial score (nSPS) is 21.7. The molecule has 6 nitrogen and oxygen atoms in total. The zero-order valence-electron chi connectivity index (χ0n) is 18.0. The quantitative estimate of drug-likeness (QED) is 0.521. The summed E-state index contributed by atoms with van der Waals surface area (Å²) in [6.45, 7) is 0. The third-order valence-corrected chi connectivity index (χ3v) is 8.94. The van der Waals surface area contributed by atoms with Crippen LogP contribution in [-0.2, 0) is 17.6 Å². The number of aromatic nitrogens is 1. The number of aryl methyl sites for hydroxylation is 1. The summed E-state index contributed by atoms with van der Waals surface area (Å²) in [6, 6.07) is 13.1. The lowest BCUT2D eigenvalue weighted by atomic mass is 9.75. The van der Waals surface area contributed by atoms with Gasteiger partial charge in [-0.15, -0.1) is 0 Å². The molecule has 1 aliphatic carbocycles. The van der Waals surface area contributed by atoms with Crippen molar-refractivity contribution in [2.45, 2.75) is 41.9 Å². The number of thioether (sulfide) groups is 1. The number of methoxy groups -OCH3 is 1. The minimum atomic E-state index is -1.06. The lowest BCUT2D eigenvalue weighted by Gasteiger charge is -2.35. The summed E-state index contributed by atoms with van der Waals surface area (Å²) in [5.41, 5.74) is 3.63. The lowest BCUT2D eigenvalue weighted by molar-refractivity contribution is -0.137. The number of hydrogen-bond acceptors (Lipinski definition) is 6. The van der Waals surface area contributed by atoms with Crippen molar-refractivity contribution < 1.29 is 19.4 Å². The third-order valence-electron chi connectivity index (χ3n) is 6.54. The highest BCUT2D eigenvalue weighted by Gasteiger charge is 2.48. The number of hydrogen-bond donors (Lipinski definition) is 2. The van der Waals surface area contributed by atoms with Crippen molar-refractivity contribution in [3.8, 4) is 5.75 Å². The van der Waals surface area contributed by atoms with Crippen LogP contribution in [0.3, 0.4) is 0 Å². The molecule has 2 heterocycles. The Hall–Kier alpha value is -2.84. The summed E-state index contributed by atoms with van der Waals surface area (Å²) in [4.78, 5) is 42.0. The molecule has 2 aromatic carbocycles. The molecule has 5 rings (SSSR count). The van der Waals surface area contributed by atoms with Gasteiger partial charge in [-0.3, -0.25) is 14.4 Å². The molecule has 1 aromatic heterocycles. The molecule has 0 saturated carbocycles. The van der Waals surface area contributed by atoms with Crippen molar-refractivity contribution in [1.82, 2.24) is 4.98 Å². The smallest absolute Gasteiger partial charge is 0.317 e. The number of thiazole rings is 1. The Morgan fingerprint density at radius 1 is 1.09 bits per heavy atom. The van der Waals surface area contributed by atoms with Crippen LogP contribution in [0.15, 0.2) is 52.3 Å². The van der Waals surface area contributed by atoms with Crippen LogP contribution in [0, 0.1) is 5.92 Å². The Morgan fingerprint density at radius 2 is 1.85 bits per heavy atom. The fourth-order valence-electron chi connectivity index (χ4n) is 5.01. The Labute approximate surface area is 199 Å². The Balaban J connectivity index is 1.68. The number of carboxylic acids is 1. The Morgan fingerprint density at radius 3 is 2.58 bits per heavy atom. The van der Waals surface area contributed by atoms with Crippen LogP contribution in [0.2, 0.25) is 0 Å². The van der Waals surface area contributed by atoms with E-state index in [1.165, 1.54) is 5.56 Å². The van der Waals surface area contributed by atoms with Crippen LogP contribution >= 0.6 is 23.1 Å². The van der Waals surface area contributed by atoms with Crippen LogP contribution in [0.5, 0.6) is 5.75 Å². The molecule has 0 amide bonds. The maximum atomic E-state index is 14.1. The average molecular weight is 482 g/mol. The molecule has 0 spiro atoms. The third kappa shape index (κ3) is 3.91. The minimum Gasteiger partial charge on any atom is -0.497 e. The van der Waals surface area contributed by atoms with Gasteiger partial charge in [-0.1, -0.05) is 53.4 Å². The number of nitrogens with one attached hydrogen (secondary N) is 1. The zero-order valence-corrected chi connectivity index (χ0v) is 19.6. The lowest BCUT2D eigenvalue weighted by Crippen LogP contribution is -2.40. The van der Waals surface area contributed by atoms with E-state index in [0.717, 1.165) is 64.8 Å². The van der Waals surface area contributed by atoms with Crippen molar-refractivity contribution in [3.63, 3.8) is 0 Å². The van der Waals surface area contributed by atoms with Gasteiger partial charge < -0.3 is 14.8 Å². The largest absolute Gasteiger partial charge is 0.497 e. The Bertz CT molecular complexity index is 1280.